The molecule has 5 nitrogen and oxygen atoms in total. The fourth-order valence-corrected chi connectivity index (χ4v) is 1.28. The van der Waals surface area contributed by atoms with Crippen LogP contribution >= 0.6 is 0 Å². The SMILES string of the molecule is Cc1ccc(-c2cnc(/C=C/C(=O)O)[nH]2)o1. The zero-order chi connectivity index (χ0) is 11.5. The van der Waals surface area contributed by atoms with Gasteiger partial charge in [-0.25, -0.2) is 9.78 Å². The van der Waals surface area contributed by atoms with Crippen molar-refractivity contribution in [3.05, 3.63) is 36.0 Å². The van der Waals surface area contributed by atoms with Crippen LogP contribution in [-0.2, 0) is 4.79 Å². The minimum Gasteiger partial charge on any atom is -0.478 e. The van der Waals surface area contributed by atoms with E-state index in [-0.39, 0.29) is 0 Å². The summed E-state index contributed by atoms with van der Waals surface area (Å²) < 4.78 is 5.40. The number of hydrogen-bond donors (Lipinski definition) is 2. The quantitative estimate of drug-likeness (QED) is 0.773. The highest BCUT2D eigenvalue weighted by molar-refractivity contribution is 5.84. The molecule has 0 radical (unpaired) electrons. The highest BCUT2D eigenvalue weighted by Crippen LogP contribution is 2.19. The Balaban J connectivity index is 2.23. The molecule has 0 aliphatic heterocycles. The molecule has 0 fully saturated rings. The number of aromatic nitrogens is 2. The Hall–Kier alpha value is -2.30. The van der Waals surface area contributed by atoms with Crippen molar-refractivity contribution in [2.75, 3.05) is 0 Å². The van der Waals surface area contributed by atoms with Gasteiger partial charge in [0.1, 0.15) is 17.3 Å². The first-order valence-electron chi connectivity index (χ1n) is 4.68. The van der Waals surface area contributed by atoms with Crippen molar-refractivity contribution in [2.24, 2.45) is 0 Å². The van der Waals surface area contributed by atoms with Crippen molar-refractivity contribution >= 4 is 12.0 Å². The molecule has 0 aliphatic rings. The summed E-state index contributed by atoms with van der Waals surface area (Å²) in [6.07, 6.45) is 4.01. The maximum atomic E-state index is 10.3. The number of aliphatic carboxylic acids is 1. The van der Waals surface area contributed by atoms with Crippen LogP contribution in [0.1, 0.15) is 11.6 Å². The van der Waals surface area contributed by atoms with E-state index in [4.69, 9.17) is 9.52 Å². The molecule has 0 amide bonds. The number of rotatable bonds is 3. The second-order valence-electron chi connectivity index (χ2n) is 3.26. The van der Waals surface area contributed by atoms with E-state index in [1.54, 1.807) is 6.20 Å². The number of nitrogens with zero attached hydrogens (tertiary/aromatic N) is 1. The summed E-state index contributed by atoms with van der Waals surface area (Å²) in [5, 5.41) is 8.45. The number of furan rings is 1. The predicted octanol–water partition coefficient (Wildman–Crippen LogP) is 2.08. The summed E-state index contributed by atoms with van der Waals surface area (Å²) in [5.74, 6) is 0.963. The molecule has 2 aromatic heterocycles. The molecule has 82 valence electrons. The highest BCUT2D eigenvalue weighted by Gasteiger charge is 2.05. The Kier molecular flexibility index (Phi) is 2.59. The lowest BCUT2D eigenvalue weighted by molar-refractivity contribution is -0.131. The lowest BCUT2D eigenvalue weighted by Crippen LogP contribution is -1.86. The summed E-state index contributed by atoms with van der Waals surface area (Å²) in [5.41, 5.74) is 0.720. The van der Waals surface area contributed by atoms with E-state index >= 15 is 0 Å². The second-order valence-corrected chi connectivity index (χ2v) is 3.26. The Bertz CT molecular complexity index is 537. The van der Waals surface area contributed by atoms with Gasteiger partial charge in [-0.05, 0) is 25.1 Å². The number of carboxylic acids is 1. The smallest absolute Gasteiger partial charge is 0.328 e. The van der Waals surface area contributed by atoms with Crippen LogP contribution in [0, 0.1) is 6.92 Å². The van der Waals surface area contributed by atoms with E-state index in [1.165, 1.54) is 6.08 Å². The molecule has 0 saturated carbocycles. The largest absolute Gasteiger partial charge is 0.478 e. The van der Waals surface area contributed by atoms with E-state index in [0.29, 0.717) is 11.6 Å². The van der Waals surface area contributed by atoms with Crippen LogP contribution in [0.15, 0.2) is 28.8 Å². The van der Waals surface area contributed by atoms with Crippen LogP contribution in [0.4, 0.5) is 0 Å². The molecule has 5 heteroatoms. The molecule has 2 heterocycles. The van der Waals surface area contributed by atoms with Gasteiger partial charge in [0, 0.05) is 6.08 Å². The van der Waals surface area contributed by atoms with Gasteiger partial charge in [-0.2, -0.15) is 0 Å². The molecule has 16 heavy (non-hydrogen) atoms. The summed E-state index contributed by atoms with van der Waals surface area (Å²) in [6, 6.07) is 3.68. The fraction of sp³-hybridized carbons (Fsp3) is 0.0909. The van der Waals surface area contributed by atoms with E-state index in [0.717, 1.165) is 17.5 Å². The first kappa shape index (κ1) is 10.2. The van der Waals surface area contributed by atoms with Gasteiger partial charge >= 0.3 is 5.97 Å². The Morgan fingerprint density at radius 3 is 3.00 bits per heavy atom. The fourth-order valence-electron chi connectivity index (χ4n) is 1.28. The highest BCUT2D eigenvalue weighted by atomic mass is 16.4. The zero-order valence-corrected chi connectivity index (χ0v) is 8.60. The minimum atomic E-state index is -1.01. The predicted molar refractivity (Wildman–Crippen MR) is 57.7 cm³/mol. The lowest BCUT2D eigenvalue weighted by atomic mass is 10.3. The van der Waals surface area contributed by atoms with Gasteiger partial charge in [0.15, 0.2) is 5.76 Å². The summed E-state index contributed by atoms with van der Waals surface area (Å²) in [4.78, 5) is 17.3. The molecule has 0 bridgehead atoms. The van der Waals surface area contributed by atoms with Crippen LogP contribution in [0.2, 0.25) is 0 Å². The minimum absolute atomic E-state index is 0.478. The number of aromatic amines is 1. The van der Waals surface area contributed by atoms with Gasteiger partial charge in [-0.1, -0.05) is 0 Å². The average molecular weight is 218 g/mol. The van der Waals surface area contributed by atoms with Crippen molar-refractivity contribution in [2.45, 2.75) is 6.92 Å². The zero-order valence-electron chi connectivity index (χ0n) is 8.60. The Morgan fingerprint density at radius 2 is 2.38 bits per heavy atom. The molecule has 0 aliphatic carbocycles. The number of carboxylic acid groups (broad SMARTS) is 1. The van der Waals surface area contributed by atoms with Crippen molar-refractivity contribution in [3.63, 3.8) is 0 Å². The topological polar surface area (TPSA) is 79.1 Å². The lowest BCUT2D eigenvalue weighted by Gasteiger charge is -1.89. The summed E-state index contributed by atoms with van der Waals surface area (Å²) in [6.45, 7) is 1.85. The molecular weight excluding hydrogens is 208 g/mol. The van der Waals surface area contributed by atoms with Crippen LogP contribution in [0.3, 0.4) is 0 Å². The van der Waals surface area contributed by atoms with E-state index in [1.807, 2.05) is 19.1 Å². The van der Waals surface area contributed by atoms with Gasteiger partial charge in [0.05, 0.1) is 6.20 Å². The molecule has 2 N–H and O–H groups in total. The van der Waals surface area contributed by atoms with E-state index < -0.39 is 5.97 Å². The van der Waals surface area contributed by atoms with Crippen LogP contribution < -0.4 is 0 Å². The molecular formula is C11H10N2O3. The molecule has 0 spiro atoms. The number of carbonyl (C=O) groups is 1. The maximum absolute atomic E-state index is 10.3. The number of imidazole rings is 1. The number of nitrogens with one attached hydrogen (secondary N) is 1. The Morgan fingerprint density at radius 1 is 1.56 bits per heavy atom. The number of H-pyrrole nitrogens is 1. The van der Waals surface area contributed by atoms with Crippen molar-refractivity contribution in [3.8, 4) is 11.5 Å². The maximum Gasteiger partial charge on any atom is 0.328 e. The van der Waals surface area contributed by atoms with Crippen molar-refractivity contribution in [1.82, 2.24) is 9.97 Å². The first-order chi connectivity index (χ1) is 7.65. The average Bonchev–Trinajstić information content (AvgIpc) is 2.83. The third-order valence-electron chi connectivity index (χ3n) is 1.99. The molecule has 2 rings (SSSR count). The van der Waals surface area contributed by atoms with E-state index in [2.05, 4.69) is 9.97 Å². The third-order valence-corrected chi connectivity index (χ3v) is 1.99. The van der Waals surface area contributed by atoms with Gasteiger partial charge in [0.25, 0.3) is 0 Å². The van der Waals surface area contributed by atoms with Gasteiger partial charge in [-0.3, -0.25) is 0 Å². The van der Waals surface area contributed by atoms with E-state index in [9.17, 15) is 4.79 Å². The van der Waals surface area contributed by atoms with Crippen molar-refractivity contribution in [1.29, 1.82) is 0 Å². The van der Waals surface area contributed by atoms with Gasteiger partial charge < -0.3 is 14.5 Å². The van der Waals surface area contributed by atoms with Crippen LogP contribution in [-0.4, -0.2) is 21.0 Å². The van der Waals surface area contributed by atoms with Gasteiger partial charge in [0.2, 0.25) is 0 Å². The number of hydrogen-bond acceptors (Lipinski definition) is 3. The van der Waals surface area contributed by atoms with Gasteiger partial charge in [-0.15, -0.1) is 0 Å². The van der Waals surface area contributed by atoms with Crippen molar-refractivity contribution < 1.29 is 14.3 Å². The standard InChI is InChI=1S/C11H10N2O3/c1-7-2-3-9(16-7)8-6-12-10(13-8)4-5-11(14)15/h2-6H,1H3,(H,12,13)(H,14,15)/b5-4+. The summed E-state index contributed by atoms with van der Waals surface area (Å²) >= 11 is 0. The molecule has 0 atom stereocenters. The second kappa shape index (κ2) is 4.06. The number of aryl methyl sites for hydroxylation is 1. The normalized spacial score (nSPS) is 11.1. The monoisotopic (exact) mass is 218 g/mol. The Labute approximate surface area is 91.4 Å². The third kappa shape index (κ3) is 2.20. The molecule has 0 aromatic carbocycles. The molecule has 0 unspecified atom stereocenters. The first-order valence-corrected chi connectivity index (χ1v) is 4.68. The van der Waals surface area contributed by atoms with Crippen LogP contribution in [0.25, 0.3) is 17.5 Å². The molecule has 2 aromatic rings. The summed E-state index contributed by atoms with van der Waals surface area (Å²) in [7, 11) is 0. The van der Waals surface area contributed by atoms with Crippen LogP contribution in [0.5, 0.6) is 0 Å². The molecule has 0 saturated heterocycles.